The van der Waals surface area contributed by atoms with Crippen LogP contribution in [0.4, 0.5) is 0 Å². The predicted molar refractivity (Wildman–Crippen MR) is 109 cm³/mol. The number of aliphatic carboxylic acids is 1. The monoisotopic (exact) mass is 496 g/mol. The number of hydrogen-bond acceptors (Lipinski definition) is 13. The highest BCUT2D eigenvalue weighted by molar-refractivity contribution is 5.94. The second-order valence-electron chi connectivity index (χ2n) is 7.83. The second kappa shape index (κ2) is 9.08. The van der Waals surface area contributed by atoms with Crippen LogP contribution in [-0.4, -0.2) is 87.8 Å². The number of benzene rings is 2. The van der Waals surface area contributed by atoms with Crippen LogP contribution in [0, 0.1) is 0 Å². The number of phenols is 6. The lowest BCUT2D eigenvalue weighted by Gasteiger charge is -2.41. The third kappa shape index (κ3) is 4.78. The Hall–Kier alpha value is -4.43. The standard InChI is InChI=1S/C21H20O14/c22-9-1-7(2-10(23)15(9)28)18(30)34-17-13(26)5-21(20(32)33,6-14(17)27)35-19(31)8-3-11(24)16(29)12(25)4-8/h1-4,13-14,17,22-29H,5-6H2,(H,32,33)/t13-,14-,17?,21?/m1/s1. The molecule has 1 aliphatic carbocycles. The largest absolute Gasteiger partial charge is 0.504 e. The first kappa shape index (κ1) is 25.2. The number of ether oxygens (including phenoxy) is 2. The molecule has 0 amide bonds. The highest BCUT2D eigenvalue weighted by atomic mass is 16.6. The Kier molecular flexibility index (Phi) is 6.53. The number of carboxylic acids is 1. The van der Waals surface area contributed by atoms with E-state index in [0.717, 1.165) is 12.1 Å². The van der Waals surface area contributed by atoms with Gasteiger partial charge in [-0.1, -0.05) is 0 Å². The van der Waals surface area contributed by atoms with Crippen molar-refractivity contribution in [3.63, 3.8) is 0 Å². The Labute approximate surface area is 195 Å². The molecule has 2 aromatic carbocycles. The maximum absolute atomic E-state index is 12.5. The molecular formula is C21H20O14. The first-order valence-corrected chi connectivity index (χ1v) is 9.79. The molecule has 0 unspecified atom stereocenters. The number of hydrogen-bond donors (Lipinski definition) is 9. The lowest BCUT2D eigenvalue weighted by Crippen LogP contribution is -2.59. The van der Waals surface area contributed by atoms with Crippen molar-refractivity contribution in [2.45, 2.75) is 36.8 Å². The summed E-state index contributed by atoms with van der Waals surface area (Å²) < 4.78 is 9.99. The van der Waals surface area contributed by atoms with E-state index in [2.05, 4.69) is 0 Å². The van der Waals surface area contributed by atoms with Crippen molar-refractivity contribution in [1.29, 1.82) is 0 Å². The molecule has 2 atom stereocenters. The molecule has 9 N–H and O–H groups in total. The van der Waals surface area contributed by atoms with Crippen LogP contribution < -0.4 is 0 Å². The molecule has 0 saturated heterocycles. The fraction of sp³-hybridized carbons (Fsp3) is 0.286. The molecule has 3 rings (SSSR count). The number of phenolic OH excluding ortho intramolecular Hbond substituents is 6. The molecule has 0 aromatic heterocycles. The quantitative estimate of drug-likeness (QED) is 0.189. The van der Waals surface area contributed by atoms with Gasteiger partial charge in [-0.2, -0.15) is 0 Å². The first-order chi connectivity index (χ1) is 16.3. The van der Waals surface area contributed by atoms with Crippen LogP contribution in [0.2, 0.25) is 0 Å². The Morgan fingerprint density at radius 2 is 1.09 bits per heavy atom. The first-order valence-electron chi connectivity index (χ1n) is 9.79. The fourth-order valence-electron chi connectivity index (χ4n) is 3.58. The molecule has 35 heavy (non-hydrogen) atoms. The van der Waals surface area contributed by atoms with Crippen LogP contribution in [0.25, 0.3) is 0 Å². The van der Waals surface area contributed by atoms with E-state index in [9.17, 15) is 60.3 Å². The van der Waals surface area contributed by atoms with Crippen molar-refractivity contribution in [2.24, 2.45) is 0 Å². The number of aromatic hydroxyl groups is 6. The van der Waals surface area contributed by atoms with Crippen LogP contribution in [0.15, 0.2) is 24.3 Å². The van der Waals surface area contributed by atoms with E-state index in [1.165, 1.54) is 0 Å². The smallest absolute Gasteiger partial charge is 0.348 e. The van der Waals surface area contributed by atoms with E-state index >= 15 is 0 Å². The van der Waals surface area contributed by atoms with Crippen molar-refractivity contribution >= 4 is 17.9 Å². The van der Waals surface area contributed by atoms with Gasteiger partial charge in [-0.25, -0.2) is 14.4 Å². The van der Waals surface area contributed by atoms with Gasteiger partial charge in [-0.05, 0) is 24.3 Å². The number of aliphatic hydroxyl groups excluding tert-OH is 2. The predicted octanol–water partition coefficient (Wildman–Crippen LogP) is -0.358. The van der Waals surface area contributed by atoms with Crippen LogP contribution in [-0.2, 0) is 14.3 Å². The maximum Gasteiger partial charge on any atom is 0.348 e. The van der Waals surface area contributed by atoms with E-state index in [1.807, 2.05) is 0 Å². The molecule has 14 nitrogen and oxygen atoms in total. The molecule has 1 fully saturated rings. The number of esters is 2. The van der Waals surface area contributed by atoms with Crippen LogP contribution in [0.5, 0.6) is 34.5 Å². The Balaban J connectivity index is 1.80. The maximum atomic E-state index is 12.5. The minimum atomic E-state index is -2.52. The van der Waals surface area contributed by atoms with Crippen molar-refractivity contribution in [2.75, 3.05) is 0 Å². The molecular weight excluding hydrogens is 476 g/mol. The van der Waals surface area contributed by atoms with Gasteiger partial charge in [-0.15, -0.1) is 0 Å². The molecule has 14 heteroatoms. The Morgan fingerprint density at radius 1 is 0.714 bits per heavy atom. The van der Waals surface area contributed by atoms with Gasteiger partial charge < -0.3 is 55.4 Å². The summed E-state index contributed by atoms with van der Waals surface area (Å²) in [6.07, 6.45) is -7.19. The van der Waals surface area contributed by atoms with Gasteiger partial charge in [0, 0.05) is 12.8 Å². The number of carbonyl (C=O) groups excluding carboxylic acids is 2. The average Bonchev–Trinajstić information content (AvgIpc) is 2.77. The Bertz CT molecular complexity index is 1130. The molecule has 0 aliphatic heterocycles. The Morgan fingerprint density at radius 3 is 1.46 bits per heavy atom. The fourth-order valence-corrected chi connectivity index (χ4v) is 3.58. The van der Waals surface area contributed by atoms with Gasteiger partial charge in [0.25, 0.3) is 0 Å². The van der Waals surface area contributed by atoms with Crippen molar-refractivity contribution in [3.05, 3.63) is 35.4 Å². The zero-order chi connectivity index (χ0) is 26.2. The van der Waals surface area contributed by atoms with Crippen molar-refractivity contribution < 1.29 is 69.8 Å². The average molecular weight is 496 g/mol. The number of rotatable bonds is 5. The minimum Gasteiger partial charge on any atom is -0.504 e. The minimum absolute atomic E-state index is 0.467. The molecule has 1 aliphatic rings. The summed E-state index contributed by atoms with van der Waals surface area (Å²) in [5.41, 5.74) is -3.54. The highest BCUT2D eigenvalue weighted by Gasteiger charge is 2.54. The van der Waals surface area contributed by atoms with Gasteiger partial charge in [-0.3, -0.25) is 0 Å². The van der Waals surface area contributed by atoms with Crippen LogP contribution >= 0.6 is 0 Å². The van der Waals surface area contributed by atoms with Gasteiger partial charge in [0.15, 0.2) is 40.6 Å². The zero-order valence-electron chi connectivity index (χ0n) is 17.5. The van der Waals surface area contributed by atoms with Crippen molar-refractivity contribution in [3.8, 4) is 34.5 Å². The molecule has 1 saturated carbocycles. The number of aliphatic hydroxyl groups is 2. The summed E-state index contributed by atoms with van der Waals surface area (Å²) in [7, 11) is 0. The van der Waals surface area contributed by atoms with Crippen molar-refractivity contribution in [1.82, 2.24) is 0 Å². The molecule has 0 bridgehead atoms. The summed E-state index contributed by atoms with van der Waals surface area (Å²) in [6.45, 7) is 0. The summed E-state index contributed by atoms with van der Waals surface area (Å²) >= 11 is 0. The third-order valence-corrected chi connectivity index (χ3v) is 5.37. The van der Waals surface area contributed by atoms with E-state index in [0.29, 0.717) is 12.1 Å². The van der Waals surface area contributed by atoms with Gasteiger partial charge >= 0.3 is 17.9 Å². The van der Waals surface area contributed by atoms with Crippen LogP contribution in [0.3, 0.4) is 0 Å². The molecule has 188 valence electrons. The summed E-state index contributed by atoms with van der Waals surface area (Å²) in [5, 5.41) is 87.4. The van der Waals surface area contributed by atoms with Gasteiger partial charge in [0.2, 0.25) is 5.60 Å². The lowest BCUT2D eigenvalue weighted by atomic mass is 9.79. The normalized spacial score (nSPS) is 23.9. The van der Waals surface area contributed by atoms with E-state index in [4.69, 9.17) is 9.47 Å². The van der Waals surface area contributed by atoms with E-state index < -0.39 is 100 Å². The topological polar surface area (TPSA) is 252 Å². The van der Waals surface area contributed by atoms with E-state index in [-0.39, 0.29) is 0 Å². The van der Waals surface area contributed by atoms with Crippen LogP contribution in [0.1, 0.15) is 33.6 Å². The summed E-state index contributed by atoms with van der Waals surface area (Å²) in [4.78, 5) is 36.8. The second-order valence-corrected chi connectivity index (χ2v) is 7.83. The van der Waals surface area contributed by atoms with E-state index in [1.54, 1.807) is 0 Å². The SMILES string of the molecule is O=C(OC1[C@H](O)CC(OC(=O)c2cc(O)c(O)c(O)c2)(C(=O)O)C[C@H]1O)c1cc(O)c(O)c(O)c1. The summed E-state index contributed by atoms with van der Waals surface area (Å²) in [5.74, 6) is -9.76. The molecule has 0 spiro atoms. The number of carbonyl (C=O) groups is 3. The molecule has 2 aromatic rings. The molecule has 0 heterocycles. The third-order valence-electron chi connectivity index (χ3n) is 5.37. The highest BCUT2D eigenvalue weighted by Crippen LogP contribution is 2.39. The number of carboxylic acid groups (broad SMARTS) is 1. The molecule has 0 radical (unpaired) electrons. The lowest BCUT2D eigenvalue weighted by molar-refractivity contribution is -0.188. The van der Waals surface area contributed by atoms with Gasteiger partial charge in [0.05, 0.1) is 23.3 Å². The summed E-state index contributed by atoms with van der Waals surface area (Å²) in [6, 6.07) is 2.86. The zero-order valence-corrected chi connectivity index (χ0v) is 17.5. The van der Waals surface area contributed by atoms with Gasteiger partial charge in [0.1, 0.15) is 0 Å².